The number of carboxylic acids is 1. The van der Waals surface area contributed by atoms with Gasteiger partial charge in [0.25, 0.3) is 0 Å². The van der Waals surface area contributed by atoms with E-state index in [2.05, 4.69) is 27.0 Å². The van der Waals surface area contributed by atoms with Crippen molar-refractivity contribution in [3.63, 3.8) is 0 Å². The molecule has 0 aliphatic carbocycles. The van der Waals surface area contributed by atoms with Crippen LogP contribution in [-0.2, 0) is 16.8 Å². The highest BCUT2D eigenvalue weighted by molar-refractivity contribution is 5.81. The molecule has 1 aromatic carbocycles. The number of aromatic nitrogens is 2. The molecule has 1 aliphatic rings. The second-order valence-electron chi connectivity index (χ2n) is 7.87. The maximum absolute atomic E-state index is 12.4. The van der Waals surface area contributed by atoms with E-state index < -0.39 is 11.4 Å². The Bertz CT molecular complexity index is 1010. The van der Waals surface area contributed by atoms with Gasteiger partial charge in [0.15, 0.2) is 0 Å². The molecule has 0 amide bonds. The Labute approximate surface area is 182 Å². The lowest BCUT2D eigenvalue weighted by Crippen LogP contribution is -2.47. The molecule has 0 spiro atoms. The zero-order chi connectivity index (χ0) is 21.7. The summed E-state index contributed by atoms with van der Waals surface area (Å²) in [6.45, 7) is 4.74. The standard InChI is InChI=1S/C25H27N3O3/c1-2-31-23-21(9-6-14-26-23)22-11-10-20(17-27-22)25(24(29)30)12-15-28(16-13-25)18-19-7-4-3-5-8-19/h3-11,14,17H,2,12-13,15-16,18H2,1H3,(H,29,30). The molecule has 3 heterocycles. The second kappa shape index (κ2) is 9.27. The van der Waals surface area contributed by atoms with Crippen molar-refractivity contribution in [1.82, 2.24) is 14.9 Å². The molecule has 160 valence electrons. The molecule has 0 radical (unpaired) electrons. The van der Waals surface area contributed by atoms with Gasteiger partial charge < -0.3 is 9.84 Å². The molecule has 1 fully saturated rings. The first-order chi connectivity index (χ1) is 15.1. The van der Waals surface area contributed by atoms with Crippen molar-refractivity contribution in [2.24, 2.45) is 0 Å². The Kier molecular flexibility index (Phi) is 6.28. The molecule has 1 aliphatic heterocycles. The molecule has 6 nitrogen and oxygen atoms in total. The Morgan fingerprint density at radius 3 is 2.48 bits per heavy atom. The van der Waals surface area contributed by atoms with Gasteiger partial charge in [0.1, 0.15) is 0 Å². The molecule has 4 rings (SSSR count). The minimum atomic E-state index is -0.906. The summed E-state index contributed by atoms with van der Waals surface area (Å²) in [5.74, 6) is -0.245. The molecule has 2 aromatic heterocycles. The van der Waals surface area contributed by atoms with Gasteiger partial charge in [0, 0.05) is 18.9 Å². The number of hydrogen-bond donors (Lipinski definition) is 1. The van der Waals surface area contributed by atoms with Crippen LogP contribution in [0.4, 0.5) is 0 Å². The van der Waals surface area contributed by atoms with Crippen LogP contribution in [-0.4, -0.2) is 45.6 Å². The summed E-state index contributed by atoms with van der Waals surface area (Å²) in [6.07, 6.45) is 4.52. The number of carboxylic acid groups (broad SMARTS) is 1. The zero-order valence-corrected chi connectivity index (χ0v) is 17.7. The first kappa shape index (κ1) is 21.0. The SMILES string of the molecule is CCOc1ncccc1-c1ccc(C2(C(=O)O)CCN(Cc3ccccc3)CC2)cn1. The van der Waals surface area contributed by atoms with E-state index in [-0.39, 0.29) is 0 Å². The van der Waals surface area contributed by atoms with Crippen molar-refractivity contribution in [3.8, 4) is 17.1 Å². The molecule has 6 heteroatoms. The van der Waals surface area contributed by atoms with Crippen LogP contribution in [0, 0.1) is 0 Å². The molecule has 1 saturated heterocycles. The molecule has 0 atom stereocenters. The van der Waals surface area contributed by atoms with E-state index in [1.54, 1.807) is 12.4 Å². The van der Waals surface area contributed by atoms with Gasteiger partial charge in [-0.25, -0.2) is 4.98 Å². The normalized spacial score (nSPS) is 16.0. The van der Waals surface area contributed by atoms with E-state index in [0.717, 1.165) is 36.5 Å². The van der Waals surface area contributed by atoms with Crippen LogP contribution in [0.2, 0.25) is 0 Å². The van der Waals surface area contributed by atoms with Crippen LogP contribution in [0.1, 0.15) is 30.9 Å². The van der Waals surface area contributed by atoms with Crippen molar-refractivity contribution in [2.45, 2.75) is 31.7 Å². The molecule has 31 heavy (non-hydrogen) atoms. The van der Waals surface area contributed by atoms with Crippen LogP contribution in [0.15, 0.2) is 67.0 Å². The minimum absolute atomic E-state index is 0.518. The summed E-state index contributed by atoms with van der Waals surface area (Å²) in [6, 6.07) is 17.8. The lowest BCUT2D eigenvalue weighted by atomic mass is 9.73. The number of aliphatic carboxylic acids is 1. The van der Waals surface area contributed by atoms with Gasteiger partial charge in [0.05, 0.1) is 23.3 Å². The van der Waals surface area contributed by atoms with E-state index in [0.29, 0.717) is 25.3 Å². The maximum atomic E-state index is 12.4. The molecule has 0 bridgehead atoms. The van der Waals surface area contributed by atoms with E-state index in [1.807, 2.05) is 49.4 Å². The number of piperidine rings is 1. The first-order valence-corrected chi connectivity index (χ1v) is 10.7. The largest absolute Gasteiger partial charge is 0.481 e. The number of rotatable bonds is 7. The number of carbonyl (C=O) groups is 1. The van der Waals surface area contributed by atoms with E-state index in [4.69, 9.17) is 4.74 Å². The summed E-state index contributed by atoms with van der Waals surface area (Å²) < 4.78 is 5.61. The number of likely N-dealkylation sites (tertiary alicyclic amines) is 1. The van der Waals surface area contributed by atoms with Crippen molar-refractivity contribution in [3.05, 3.63) is 78.1 Å². The molecule has 0 saturated carbocycles. The number of ether oxygens (including phenoxy) is 1. The third-order valence-corrected chi connectivity index (χ3v) is 6.01. The average molecular weight is 418 g/mol. The van der Waals surface area contributed by atoms with Gasteiger partial charge in [-0.05, 0) is 62.2 Å². The van der Waals surface area contributed by atoms with Crippen molar-refractivity contribution >= 4 is 5.97 Å². The summed E-state index contributed by atoms with van der Waals surface area (Å²) in [5, 5.41) is 10.1. The number of pyridine rings is 2. The number of nitrogens with zero attached hydrogens (tertiary/aromatic N) is 3. The van der Waals surface area contributed by atoms with E-state index in [9.17, 15) is 9.90 Å². The van der Waals surface area contributed by atoms with E-state index >= 15 is 0 Å². The Hall–Kier alpha value is -3.25. The molecular formula is C25H27N3O3. The molecule has 1 N–H and O–H groups in total. The molecule has 0 unspecified atom stereocenters. The maximum Gasteiger partial charge on any atom is 0.314 e. The van der Waals surface area contributed by atoms with Crippen molar-refractivity contribution in [1.29, 1.82) is 0 Å². The summed E-state index contributed by atoms with van der Waals surface area (Å²) in [5.41, 5.74) is 2.62. The van der Waals surface area contributed by atoms with Crippen LogP contribution in [0.25, 0.3) is 11.3 Å². The lowest BCUT2D eigenvalue weighted by Gasteiger charge is -2.39. The lowest BCUT2D eigenvalue weighted by molar-refractivity contribution is -0.146. The molecular weight excluding hydrogens is 390 g/mol. The van der Waals surface area contributed by atoms with Gasteiger partial charge in [-0.3, -0.25) is 14.7 Å². The van der Waals surface area contributed by atoms with Crippen molar-refractivity contribution in [2.75, 3.05) is 19.7 Å². The summed E-state index contributed by atoms with van der Waals surface area (Å²) in [7, 11) is 0. The fourth-order valence-electron chi connectivity index (χ4n) is 4.23. The topological polar surface area (TPSA) is 75.6 Å². The Morgan fingerprint density at radius 1 is 1.06 bits per heavy atom. The minimum Gasteiger partial charge on any atom is -0.481 e. The van der Waals surface area contributed by atoms with E-state index in [1.165, 1.54) is 5.56 Å². The molecule has 3 aromatic rings. The third kappa shape index (κ3) is 4.44. The van der Waals surface area contributed by atoms with Gasteiger partial charge in [-0.1, -0.05) is 36.4 Å². The fraction of sp³-hybridized carbons (Fsp3) is 0.320. The number of benzene rings is 1. The fourth-order valence-corrected chi connectivity index (χ4v) is 4.23. The Morgan fingerprint density at radius 2 is 1.84 bits per heavy atom. The Balaban J connectivity index is 1.52. The smallest absolute Gasteiger partial charge is 0.314 e. The van der Waals surface area contributed by atoms with Gasteiger partial charge >= 0.3 is 5.97 Å². The predicted molar refractivity (Wildman–Crippen MR) is 119 cm³/mol. The van der Waals surface area contributed by atoms with Crippen LogP contribution in [0.5, 0.6) is 5.88 Å². The highest BCUT2D eigenvalue weighted by Crippen LogP contribution is 2.37. The first-order valence-electron chi connectivity index (χ1n) is 10.7. The average Bonchev–Trinajstić information content (AvgIpc) is 2.81. The highest BCUT2D eigenvalue weighted by Gasteiger charge is 2.43. The monoisotopic (exact) mass is 417 g/mol. The van der Waals surface area contributed by atoms with Gasteiger partial charge in [-0.15, -0.1) is 0 Å². The number of hydrogen-bond acceptors (Lipinski definition) is 5. The van der Waals surface area contributed by atoms with Crippen LogP contribution in [0.3, 0.4) is 0 Å². The van der Waals surface area contributed by atoms with Crippen LogP contribution >= 0.6 is 0 Å². The van der Waals surface area contributed by atoms with Crippen LogP contribution < -0.4 is 4.74 Å². The highest BCUT2D eigenvalue weighted by atomic mass is 16.5. The third-order valence-electron chi connectivity index (χ3n) is 6.01. The van der Waals surface area contributed by atoms with Gasteiger partial charge in [0.2, 0.25) is 5.88 Å². The predicted octanol–water partition coefficient (Wildman–Crippen LogP) is 4.16. The second-order valence-corrected chi connectivity index (χ2v) is 7.87. The summed E-state index contributed by atoms with van der Waals surface area (Å²) in [4.78, 5) is 23.5. The van der Waals surface area contributed by atoms with Gasteiger partial charge in [-0.2, -0.15) is 0 Å². The van der Waals surface area contributed by atoms with Crippen molar-refractivity contribution < 1.29 is 14.6 Å². The summed E-state index contributed by atoms with van der Waals surface area (Å²) >= 11 is 0. The quantitative estimate of drug-likeness (QED) is 0.622. The zero-order valence-electron chi connectivity index (χ0n) is 17.7.